The Bertz CT molecular complexity index is 695. The SMILES string of the molecule is Cc1ccc(Br)cc1S(=O)(=O)NCc1nccn1C. The van der Waals surface area contributed by atoms with Crippen LogP contribution in [0.25, 0.3) is 0 Å². The van der Waals surface area contributed by atoms with Crippen LogP contribution in [-0.4, -0.2) is 18.0 Å². The third kappa shape index (κ3) is 3.23. The number of imidazole rings is 1. The zero-order valence-corrected chi connectivity index (χ0v) is 13.0. The predicted octanol–water partition coefficient (Wildman–Crippen LogP) is 1.97. The standard InChI is InChI=1S/C12H14BrN3O2S/c1-9-3-4-10(13)7-11(9)19(17,18)15-8-12-14-5-6-16(12)2/h3-7,15H,8H2,1-2H3. The third-order valence-corrected chi connectivity index (χ3v) is 4.82. The summed E-state index contributed by atoms with van der Waals surface area (Å²) in [6, 6.07) is 5.17. The van der Waals surface area contributed by atoms with Crippen molar-refractivity contribution in [2.24, 2.45) is 7.05 Å². The maximum atomic E-state index is 12.2. The van der Waals surface area contributed by atoms with Gasteiger partial charge in [0.05, 0.1) is 11.4 Å². The van der Waals surface area contributed by atoms with Crippen molar-refractivity contribution in [3.63, 3.8) is 0 Å². The normalized spacial score (nSPS) is 11.7. The van der Waals surface area contributed by atoms with Gasteiger partial charge in [0.15, 0.2) is 0 Å². The molecule has 0 spiro atoms. The maximum absolute atomic E-state index is 12.2. The summed E-state index contributed by atoms with van der Waals surface area (Å²) in [5.74, 6) is 0.663. The summed E-state index contributed by atoms with van der Waals surface area (Å²) >= 11 is 3.28. The molecule has 1 aromatic carbocycles. The maximum Gasteiger partial charge on any atom is 0.241 e. The van der Waals surface area contributed by atoms with Crippen molar-refractivity contribution in [2.75, 3.05) is 0 Å². The van der Waals surface area contributed by atoms with Crippen LogP contribution in [0.1, 0.15) is 11.4 Å². The predicted molar refractivity (Wildman–Crippen MR) is 76.1 cm³/mol. The lowest BCUT2D eigenvalue weighted by Crippen LogP contribution is -2.25. The van der Waals surface area contributed by atoms with E-state index in [9.17, 15) is 8.42 Å². The van der Waals surface area contributed by atoms with Gasteiger partial charge in [-0.2, -0.15) is 0 Å². The highest BCUT2D eigenvalue weighted by atomic mass is 79.9. The molecule has 19 heavy (non-hydrogen) atoms. The van der Waals surface area contributed by atoms with Crippen LogP contribution in [0.3, 0.4) is 0 Å². The number of hydrogen-bond acceptors (Lipinski definition) is 3. The Hall–Kier alpha value is -1.18. The number of rotatable bonds is 4. The monoisotopic (exact) mass is 343 g/mol. The Labute approximate surface area is 120 Å². The van der Waals surface area contributed by atoms with E-state index in [1.165, 1.54) is 0 Å². The molecule has 7 heteroatoms. The first-order chi connectivity index (χ1) is 8.90. The molecule has 0 saturated carbocycles. The molecule has 1 heterocycles. The minimum absolute atomic E-state index is 0.164. The van der Waals surface area contributed by atoms with Gasteiger partial charge in [-0.15, -0.1) is 0 Å². The van der Waals surface area contributed by atoms with Gasteiger partial charge in [-0.1, -0.05) is 22.0 Å². The first-order valence-electron chi connectivity index (χ1n) is 5.62. The zero-order chi connectivity index (χ0) is 14.0. The zero-order valence-electron chi connectivity index (χ0n) is 10.6. The summed E-state index contributed by atoms with van der Waals surface area (Å²) in [5.41, 5.74) is 0.704. The molecular weight excluding hydrogens is 330 g/mol. The van der Waals surface area contributed by atoms with Crippen molar-refractivity contribution < 1.29 is 8.42 Å². The van der Waals surface area contributed by atoms with Crippen LogP contribution in [0.2, 0.25) is 0 Å². The molecule has 0 radical (unpaired) electrons. The highest BCUT2D eigenvalue weighted by molar-refractivity contribution is 9.10. The van der Waals surface area contributed by atoms with Crippen molar-refractivity contribution in [3.8, 4) is 0 Å². The Morgan fingerprint density at radius 1 is 1.42 bits per heavy atom. The van der Waals surface area contributed by atoms with Crippen LogP contribution in [0.5, 0.6) is 0 Å². The van der Waals surface area contributed by atoms with Gasteiger partial charge in [-0.25, -0.2) is 18.1 Å². The molecule has 0 amide bonds. The number of hydrogen-bond donors (Lipinski definition) is 1. The molecule has 1 aromatic heterocycles. The molecule has 102 valence electrons. The molecule has 2 aromatic rings. The van der Waals surface area contributed by atoms with Gasteiger partial charge >= 0.3 is 0 Å². The van der Waals surface area contributed by atoms with Crippen molar-refractivity contribution in [1.82, 2.24) is 14.3 Å². The lowest BCUT2D eigenvalue weighted by atomic mass is 10.2. The van der Waals surface area contributed by atoms with Crippen LogP contribution in [-0.2, 0) is 23.6 Å². The van der Waals surface area contributed by atoms with E-state index < -0.39 is 10.0 Å². The van der Waals surface area contributed by atoms with Gasteiger partial charge in [-0.05, 0) is 24.6 Å². The van der Waals surface area contributed by atoms with Crippen molar-refractivity contribution in [2.45, 2.75) is 18.4 Å². The van der Waals surface area contributed by atoms with E-state index in [4.69, 9.17) is 0 Å². The second-order valence-corrected chi connectivity index (χ2v) is 6.84. The number of benzene rings is 1. The molecule has 0 aliphatic carbocycles. The quantitative estimate of drug-likeness (QED) is 0.922. The van der Waals surface area contributed by atoms with Gasteiger partial charge in [0.1, 0.15) is 5.82 Å². The first kappa shape index (κ1) is 14.2. The molecule has 0 atom stereocenters. The number of nitrogens with zero attached hydrogens (tertiary/aromatic N) is 2. The average molecular weight is 344 g/mol. The van der Waals surface area contributed by atoms with Crippen LogP contribution < -0.4 is 4.72 Å². The molecule has 0 aliphatic rings. The highest BCUT2D eigenvalue weighted by Gasteiger charge is 2.17. The molecule has 2 rings (SSSR count). The van der Waals surface area contributed by atoms with Crippen LogP contribution in [0.15, 0.2) is 40.0 Å². The molecule has 0 fully saturated rings. The second kappa shape index (κ2) is 5.44. The van der Waals surface area contributed by atoms with Crippen LogP contribution in [0.4, 0.5) is 0 Å². The smallest absolute Gasteiger partial charge is 0.241 e. The lowest BCUT2D eigenvalue weighted by molar-refractivity contribution is 0.577. The summed E-state index contributed by atoms with van der Waals surface area (Å²) in [4.78, 5) is 4.35. The van der Waals surface area contributed by atoms with Crippen molar-refractivity contribution in [1.29, 1.82) is 0 Å². The Morgan fingerprint density at radius 3 is 2.79 bits per heavy atom. The molecule has 0 unspecified atom stereocenters. The molecule has 1 N–H and O–H groups in total. The molecule has 0 bridgehead atoms. The average Bonchev–Trinajstić information content (AvgIpc) is 2.75. The Balaban J connectivity index is 2.23. The fourth-order valence-corrected chi connectivity index (χ4v) is 3.43. The van der Waals surface area contributed by atoms with Gasteiger partial charge in [0.25, 0.3) is 0 Å². The minimum Gasteiger partial charge on any atom is -0.337 e. The van der Waals surface area contributed by atoms with E-state index in [0.717, 1.165) is 4.47 Å². The number of sulfonamides is 1. The third-order valence-electron chi connectivity index (χ3n) is 2.78. The summed E-state index contributed by atoms with van der Waals surface area (Å²) < 4.78 is 29.5. The summed E-state index contributed by atoms with van der Waals surface area (Å²) in [6.07, 6.45) is 3.40. The number of halogens is 1. The van der Waals surface area contributed by atoms with Crippen molar-refractivity contribution >= 4 is 26.0 Å². The van der Waals surface area contributed by atoms with E-state index in [1.807, 2.05) is 13.1 Å². The minimum atomic E-state index is -3.54. The fraction of sp³-hybridized carbons (Fsp3) is 0.250. The first-order valence-corrected chi connectivity index (χ1v) is 7.90. The number of aryl methyl sites for hydroxylation is 2. The Kier molecular flexibility index (Phi) is 4.07. The number of aromatic nitrogens is 2. The molecular formula is C12H14BrN3O2S. The van der Waals surface area contributed by atoms with E-state index in [-0.39, 0.29) is 11.4 Å². The summed E-state index contributed by atoms with van der Waals surface area (Å²) in [7, 11) is -1.72. The van der Waals surface area contributed by atoms with Gasteiger partial charge in [0.2, 0.25) is 10.0 Å². The van der Waals surface area contributed by atoms with Crippen molar-refractivity contribution in [3.05, 3.63) is 46.5 Å². The summed E-state index contributed by atoms with van der Waals surface area (Å²) in [5, 5.41) is 0. The van der Waals surface area contributed by atoms with Crippen LogP contribution in [0, 0.1) is 6.92 Å². The van der Waals surface area contributed by atoms with E-state index >= 15 is 0 Å². The molecule has 5 nitrogen and oxygen atoms in total. The van der Waals surface area contributed by atoms with Gasteiger partial charge < -0.3 is 4.57 Å². The van der Waals surface area contributed by atoms with E-state index in [0.29, 0.717) is 11.4 Å². The molecule has 0 saturated heterocycles. The molecule has 0 aliphatic heterocycles. The van der Waals surface area contributed by atoms with Gasteiger partial charge in [-0.3, -0.25) is 0 Å². The van der Waals surface area contributed by atoms with Gasteiger partial charge in [0, 0.05) is 23.9 Å². The number of nitrogens with one attached hydrogen (secondary N) is 1. The van der Waals surface area contributed by atoms with E-state index in [2.05, 4.69) is 25.6 Å². The Morgan fingerprint density at radius 2 is 2.16 bits per heavy atom. The highest BCUT2D eigenvalue weighted by Crippen LogP contribution is 2.20. The lowest BCUT2D eigenvalue weighted by Gasteiger charge is -2.09. The summed E-state index contributed by atoms with van der Waals surface area (Å²) in [6.45, 7) is 1.93. The van der Waals surface area contributed by atoms with Crippen LogP contribution >= 0.6 is 15.9 Å². The second-order valence-electron chi connectivity index (χ2n) is 4.19. The topological polar surface area (TPSA) is 64.0 Å². The van der Waals surface area contributed by atoms with E-state index in [1.54, 1.807) is 36.0 Å². The fourth-order valence-electron chi connectivity index (χ4n) is 1.67. The largest absolute Gasteiger partial charge is 0.337 e.